The predicted octanol–water partition coefficient (Wildman–Crippen LogP) is 8.36. The lowest BCUT2D eigenvalue weighted by Crippen LogP contribution is -1.91. The van der Waals surface area contributed by atoms with Gasteiger partial charge in [-0.1, -0.05) is 35.4 Å². The van der Waals surface area contributed by atoms with Crippen LogP contribution in [0.3, 0.4) is 0 Å². The fourth-order valence-corrected chi connectivity index (χ4v) is 5.54. The molecule has 1 nitrogen and oxygen atoms in total. The van der Waals surface area contributed by atoms with Crippen molar-refractivity contribution in [2.24, 2.45) is 0 Å². The minimum atomic E-state index is 0.970. The van der Waals surface area contributed by atoms with E-state index in [4.69, 9.17) is 4.42 Å². The van der Waals surface area contributed by atoms with Gasteiger partial charge in [0.25, 0.3) is 0 Å². The van der Waals surface area contributed by atoms with E-state index in [0.717, 1.165) is 24.0 Å². The monoisotopic (exact) mass is 406 g/mol. The van der Waals surface area contributed by atoms with Gasteiger partial charge in [-0.15, -0.1) is 11.3 Å². The molecule has 4 aromatic carbocycles. The highest BCUT2D eigenvalue weighted by Crippen LogP contribution is 2.35. The molecule has 0 N–H and O–H groups in total. The summed E-state index contributed by atoms with van der Waals surface area (Å²) in [6, 6.07) is 26.8. The number of hydrogen-bond acceptors (Lipinski definition) is 2. The van der Waals surface area contributed by atoms with Crippen LogP contribution in [0.1, 0.15) is 22.3 Å². The third-order valence-corrected chi connectivity index (χ3v) is 7.23. The summed E-state index contributed by atoms with van der Waals surface area (Å²) in [4.78, 5) is 0. The van der Waals surface area contributed by atoms with Gasteiger partial charge in [0.15, 0.2) is 0 Å². The smallest absolute Gasteiger partial charge is 0.135 e. The Labute approximate surface area is 179 Å². The van der Waals surface area contributed by atoms with Crippen molar-refractivity contribution in [3.8, 4) is 0 Å². The quantitative estimate of drug-likeness (QED) is 0.288. The summed E-state index contributed by atoms with van der Waals surface area (Å²) in [6.45, 7) is 4.30. The summed E-state index contributed by atoms with van der Waals surface area (Å²) in [7, 11) is 0. The summed E-state index contributed by atoms with van der Waals surface area (Å²) in [5, 5.41) is 5.22. The fourth-order valence-electron chi connectivity index (χ4n) is 4.48. The fraction of sp³-hybridized carbons (Fsp3) is 0.143. The molecule has 0 bridgehead atoms. The zero-order valence-electron chi connectivity index (χ0n) is 17.2. The minimum Gasteiger partial charge on any atom is -0.456 e. The van der Waals surface area contributed by atoms with Crippen molar-refractivity contribution >= 4 is 53.4 Å². The maximum atomic E-state index is 6.02. The van der Waals surface area contributed by atoms with Crippen LogP contribution in [0.5, 0.6) is 0 Å². The van der Waals surface area contributed by atoms with Gasteiger partial charge in [-0.2, -0.15) is 0 Å². The molecule has 0 radical (unpaired) electrons. The van der Waals surface area contributed by atoms with Crippen molar-refractivity contribution in [3.05, 3.63) is 95.1 Å². The highest BCUT2D eigenvalue weighted by molar-refractivity contribution is 7.25. The summed E-state index contributed by atoms with van der Waals surface area (Å²) < 4.78 is 8.77. The van der Waals surface area contributed by atoms with Crippen LogP contribution in [0.25, 0.3) is 42.1 Å². The van der Waals surface area contributed by atoms with Crippen LogP contribution >= 0.6 is 11.3 Å². The molecular formula is C28H22OS. The average Bonchev–Trinajstić information content (AvgIpc) is 3.29. The Morgan fingerprint density at radius 1 is 0.567 bits per heavy atom. The number of furan rings is 1. The number of fused-ring (bicyclic) bond motifs is 6. The molecule has 0 saturated carbocycles. The van der Waals surface area contributed by atoms with Crippen molar-refractivity contribution in [2.75, 3.05) is 0 Å². The first-order valence-corrected chi connectivity index (χ1v) is 11.3. The van der Waals surface area contributed by atoms with Crippen molar-refractivity contribution in [2.45, 2.75) is 26.7 Å². The highest BCUT2D eigenvalue weighted by atomic mass is 32.1. The second kappa shape index (κ2) is 6.72. The molecule has 6 rings (SSSR count). The van der Waals surface area contributed by atoms with E-state index in [2.05, 4.69) is 86.6 Å². The summed E-state index contributed by atoms with van der Waals surface area (Å²) in [6.07, 6.45) is 2.07. The Kier molecular flexibility index (Phi) is 3.97. The molecule has 0 saturated heterocycles. The largest absolute Gasteiger partial charge is 0.456 e. The first-order chi connectivity index (χ1) is 14.6. The van der Waals surface area contributed by atoms with E-state index in [9.17, 15) is 0 Å². The summed E-state index contributed by atoms with van der Waals surface area (Å²) in [5.74, 6) is 0. The van der Waals surface area contributed by atoms with Gasteiger partial charge in [0.05, 0.1) is 0 Å². The van der Waals surface area contributed by atoms with Crippen LogP contribution in [-0.2, 0) is 12.8 Å². The van der Waals surface area contributed by atoms with Crippen molar-refractivity contribution in [1.82, 2.24) is 0 Å². The molecular weight excluding hydrogens is 384 g/mol. The van der Waals surface area contributed by atoms with Gasteiger partial charge in [0, 0.05) is 30.9 Å². The topological polar surface area (TPSA) is 13.1 Å². The first kappa shape index (κ1) is 17.7. The minimum absolute atomic E-state index is 0.970. The van der Waals surface area contributed by atoms with Crippen LogP contribution in [0.4, 0.5) is 0 Å². The lowest BCUT2D eigenvalue weighted by molar-refractivity contribution is 0.668. The van der Waals surface area contributed by atoms with E-state index < -0.39 is 0 Å². The Bertz CT molecular complexity index is 1440. The van der Waals surface area contributed by atoms with Gasteiger partial charge in [-0.3, -0.25) is 0 Å². The van der Waals surface area contributed by atoms with Gasteiger partial charge >= 0.3 is 0 Å². The van der Waals surface area contributed by atoms with E-state index in [1.165, 1.54) is 53.2 Å². The average molecular weight is 407 g/mol. The molecule has 0 amide bonds. The summed E-state index contributed by atoms with van der Waals surface area (Å²) in [5.41, 5.74) is 7.29. The second-order valence-electron chi connectivity index (χ2n) is 8.36. The molecule has 30 heavy (non-hydrogen) atoms. The van der Waals surface area contributed by atoms with Gasteiger partial charge in [-0.25, -0.2) is 0 Å². The molecule has 0 aliphatic rings. The van der Waals surface area contributed by atoms with E-state index in [1.807, 2.05) is 11.3 Å². The Morgan fingerprint density at radius 2 is 1.07 bits per heavy atom. The third-order valence-electron chi connectivity index (χ3n) is 6.08. The Hall–Kier alpha value is -3.10. The standard InChI is InChI=1S/C28H22OS/c1-17-3-9-25-21(13-17)22-15-19(7-10-26(22)29-25)5-6-20-8-12-28-24(16-20)23-14-18(2)4-11-27(23)30-28/h3-4,7-16H,5-6H2,1-2H3. The van der Waals surface area contributed by atoms with E-state index >= 15 is 0 Å². The zero-order valence-corrected chi connectivity index (χ0v) is 18.0. The molecule has 6 aromatic rings. The van der Waals surface area contributed by atoms with E-state index in [-0.39, 0.29) is 0 Å². The first-order valence-electron chi connectivity index (χ1n) is 10.5. The van der Waals surface area contributed by atoms with E-state index in [0.29, 0.717) is 0 Å². The molecule has 146 valence electrons. The molecule has 0 aliphatic carbocycles. The third kappa shape index (κ3) is 2.91. The van der Waals surface area contributed by atoms with Crippen molar-refractivity contribution in [3.63, 3.8) is 0 Å². The SMILES string of the molecule is Cc1ccc2oc3ccc(CCc4ccc5sc6ccc(C)cc6c5c4)cc3c2c1. The van der Waals surface area contributed by atoms with Gasteiger partial charge in [-0.05, 0) is 86.3 Å². The van der Waals surface area contributed by atoms with Crippen LogP contribution in [0.2, 0.25) is 0 Å². The number of thiophene rings is 1. The van der Waals surface area contributed by atoms with Crippen LogP contribution in [-0.4, -0.2) is 0 Å². The van der Waals surface area contributed by atoms with Gasteiger partial charge < -0.3 is 4.42 Å². The molecule has 0 fully saturated rings. The molecule has 0 spiro atoms. The number of benzene rings is 4. The Balaban J connectivity index is 1.34. The molecule has 0 unspecified atom stereocenters. The molecule has 2 heteroatoms. The highest BCUT2D eigenvalue weighted by Gasteiger charge is 2.09. The maximum absolute atomic E-state index is 6.02. The predicted molar refractivity (Wildman–Crippen MR) is 130 cm³/mol. The van der Waals surface area contributed by atoms with Crippen molar-refractivity contribution in [1.29, 1.82) is 0 Å². The summed E-state index contributed by atoms with van der Waals surface area (Å²) >= 11 is 1.89. The molecule has 0 atom stereocenters. The Morgan fingerprint density at radius 3 is 1.83 bits per heavy atom. The van der Waals surface area contributed by atoms with Crippen LogP contribution in [0.15, 0.2) is 77.2 Å². The normalized spacial score (nSPS) is 11.9. The van der Waals surface area contributed by atoms with Crippen molar-refractivity contribution < 1.29 is 4.42 Å². The van der Waals surface area contributed by atoms with E-state index in [1.54, 1.807) is 0 Å². The van der Waals surface area contributed by atoms with Gasteiger partial charge in [0.1, 0.15) is 11.2 Å². The number of aryl methyl sites for hydroxylation is 4. The zero-order chi connectivity index (χ0) is 20.2. The molecule has 2 aromatic heterocycles. The number of hydrogen-bond donors (Lipinski definition) is 0. The lowest BCUT2D eigenvalue weighted by atomic mass is 10.0. The molecule has 2 heterocycles. The van der Waals surface area contributed by atoms with Gasteiger partial charge in [0.2, 0.25) is 0 Å². The van der Waals surface area contributed by atoms with Crippen LogP contribution in [0, 0.1) is 13.8 Å². The number of rotatable bonds is 3. The molecule has 0 aliphatic heterocycles. The lowest BCUT2D eigenvalue weighted by Gasteiger charge is -2.04. The maximum Gasteiger partial charge on any atom is 0.135 e. The van der Waals surface area contributed by atoms with Crippen LogP contribution < -0.4 is 0 Å². The second-order valence-corrected chi connectivity index (χ2v) is 9.45.